The van der Waals surface area contributed by atoms with Crippen molar-refractivity contribution in [2.45, 2.75) is 19.7 Å². The maximum absolute atomic E-state index is 13.2. The highest BCUT2D eigenvalue weighted by molar-refractivity contribution is 8.19. The number of benzene rings is 3. The molecule has 0 N–H and O–H groups in total. The number of hydrogen-bond acceptors (Lipinski definition) is 4. The molecule has 34 heavy (non-hydrogen) atoms. The molecule has 1 saturated heterocycles. The molecule has 4 rings (SSSR count). The quantitative estimate of drug-likeness (QED) is 0.338. The highest BCUT2D eigenvalue weighted by Gasteiger charge is 2.39. The maximum atomic E-state index is 13.2. The fraction of sp³-hybridized carbons (Fsp3) is 0.120. The zero-order valence-corrected chi connectivity index (χ0v) is 19.3. The molecule has 3 aromatic rings. The van der Waals surface area contributed by atoms with Crippen LogP contribution in [0.1, 0.15) is 22.3 Å². The van der Waals surface area contributed by atoms with Gasteiger partial charge in [0, 0.05) is 5.56 Å². The molecule has 3 aromatic carbocycles. The number of rotatable bonds is 5. The number of amides is 2. The topological polar surface area (TPSA) is 46.6 Å². The van der Waals surface area contributed by atoms with Crippen molar-refractivity contribution in [3.8, 4) is 5.75 Å². The molecule has 0 spiro atoms. The zero-order chi connectivity index (χ0) is 24.5. The number of carbonyl (C=O) groups is 2. The molecular weight excluding hydrogens is 487 g/mol. The van der Waals surface area contributed by atoms with Crippen molar-refractivity contribution in [3.63, 3.8) is 0 Å². The molecule has 4 nitrogen and oxygen atoms in total. The van der Waals surface area contributed by atoms with Gasteiger partial charge < -0.3 is 4.74 Å². The van der Waals surface area contributed by atoms with E-state index >= 15 is 0 Å². The summed E-state index contributed by atoms with van der Waals surface area (Å²) in [5, 5.41) is -1.22. The van der Waals surface area contributed by atoms with E-state index in [1.54, 1.807) is 24.3 Å². The van der Waals surface area contributed by atoms with E-state index in [0.717, 1.165) is 17.2 Å². The third kappa shape index (κ3) is 5.13. The van der Waals surface area contributed by atoms with Gasteiger partial charge in [0.15, 0.2) is 0 Å². The third-order valence-corrected chi connectivity index (χ3v) is 6.23. The lowest BCUT2D eigenvalue weighted by molar-refractivity contribution is -0.137. The Morgan fingerprint density at radius 2 is 1.74 bits per heavy atom. The van der Waals surface area contributed by atoms with Gasteiger partial charge in [-0.05, 0) is 54.6 Å². The van der Waals surface area contributed by atoms with Gasteiger partial charge in [-0.15, -0.1) is 0 Å². The number of nitrogens with zero attached hydrogens (tertiary/aromatic N) is 1. The van der Waals surface area contributed by atoms with Crippen molar-refractivity contribution >= 4 is 46.3 Å². The number of anilines is 1. The van der Waals surface area contributed by atoms with Gasteiger partial charge in [-0.3, -0.25) is 9.59 Å². The van der Waals surface area contributed by atoms with Crippen LogP contribution in [0.15, 0.2) is 71.6 Å². The molecule has 0 saturated carbocycles. The number of aryl methyl sites for hydroxylation is 1. The maximum Gasteiger partial charge on any atom is 0.417 e. The molecule has 0 radical (unpaired) electrons. The standard InChI is InChI=1S/C25H17ClF3NO3S/c1-15-6-8-16(9-7-15)14-33-21-5-3-2-4-17(21)12-22-23(31)30(24(32)34-22)18-10-11-20(26)19(13-18)25(27,28)29/h2-13H,14H2,1H3/b22-12-. The first-order valence-corrected chi connectivity index (χ1v) is 11.2. The highest BCUT2D eigenvalue weighted by Crippen LogP contribution is 2.41. The number of para-hydroxylation sites is 1. The molecule has 1 fully saturated rings. The van der Waals surface area contributed by atoms with Crippen LogP contribution in [0.25, 0.3) is 6.08 Å². The first-order valence-electron chi connectivity index (χ1n) is 10.1. The first-order chi connectivity index (χ1) is 16.1. The van der Waals surface area contributed by atoms with Crippen LogP contribution in [0.3, 0.4) is 0 Å². The number of carbonyl (C=O) groups excluding carboxylic acids is 2. The summed E-state index contributed by atoms with van der Waals surface area (Å²) in [7, 11) is 0. The zero-order valence-electron chi connectivity index (χ0n) is 17.7. The SMILES string of the molecule is Cc1ccc(COc2ccccc2/C=C2\SC(=O)N(c3ccc(Cl)c(C(F)(F)F)c3)C2=O)cc1. The molecule has 0 aromatic heterocycles. The summed E-state index contributed by atoms with van der Waals surface area (Å²) in [5.41, 5.74) is 1.33. The summed E-state index contributed by atoms with van der Waals surface area (Å²) in [6.07, 6.45) is -3.23. The Morgan fingerprint density at radius 3 is 2.44 bits per heavy atom. The van der Waals surface area contributed by atoms with E-state index < -0.39 is 27.9 Å². The summed E-state index contributed by atoms with van der Waals surface area (Å²) in [6, 6.07) is 17.8. The van der Waals surface area contributed by atoms with Crippen molar-refractivity contribution in [2.24, 2.45) is 0 Å². The summed E-state index contributed by atoms with van der Waals surface area (Å²) in [6.45, 7) is 2.29. The van der Waals surface area contributed by atoms with Gasteiger partial charge in [0.1, 0.15) is 12.4 Å². The van der Waals surface area contributed by atoms with Crippen LogP contribution in [0.2, 0.25) is 5.02 Å². The predicted molar refractivity (Wildman–Crippen MR) is 127 cm³/mol. The fourth-order valence-corrected chi connectivity index (χ4v) is 4.33. The van der Waals surface area contributed by atoms with Gasteiger partial charge in [-0.25, -0.2) is 4.90 Å². The third-order valence-electron chi connectivity index (χ3n) is 5.03. The van der Waals surface area contributed by atoms with Crippen molar-refractivity contribution in [3.05, 3.63) is 98.9 Å². The summed E-state index contributed by atoms with van der Waals surface area (Å²) < 4.78 is 45.6. The van der Waals surface area contributed by atoms with Crippen LogP contribution in [0.4, 0.5) is 23.7 Å². The van der Waals surface area contributed by atoms with Gasteiger partial charge in [-0.2, -0.15) is 13.2 Å². The Bertz CT molecular complexity index is 1290. The Labute approximate surface area is 203 Å². The first kappa shape index (κ1) is 23.9. The van der Waals surface area contributed by atoms with E-state index in [1.807, 2.05) is 31.2 Å². The molecule has 1 aliphatic heterocycles. The van der Waals surface area contributed by atoms with Crippen LogP contribution in [0, 0.1) is 6.92 Å². The predicted octanol–water partition coefficient (Wildman–Crippen LogP) is 7.49. The van der Waals surface area contributed by atoms with Crippen molar-refractivity contribution in [1.82, 2.24) is 0 Å². The lowest BCUT2D eigenvalue weighted by atomic mass is 10.1. The molecule has 2 amide bonds. The number of imide groups is 1. The largest absolute Gasteiger partial charge is 0.488 e. The lowest BCUT2D eigenvalue weighted by Gasteiger charge is -2.16. The summed E-state index contributed by atoms with van der Waals surface area (Å²) in [5.74, 6) is -0.223. The van der Waals surface area contributed by atoms with E-state index in [9.17, 15) is 22.8 Å². The van der Waals surface area contributed by atoms with Crippen LogP contribution in [0.5, 0.6) is 5.75 Å². The monoisotopic (exact) mass is 503 g/mol. The molecule has 0 atom stereocenters. The number of halogens is 4. The number of hydrogen-bond donors (Lipinski definition) is 0. The van der Waals surface area contributed by atoms with Crippen LogP contribution < -0.4 is 9.64 Å². The van der Waals surface area contributed by atoms with E-state index in [4.69, 9.17) is 16.3 Å². The fourth-order valence-electron chi connectivity index (χ4n) is 3.28. The highest BCUT2D eigenvalue weighted by atomic mass is 35.5. The Kier molecular flexibility index (Phi) is 6.72. The Hall–Kier alpha value is -3.23. The molecule has 1 aliphatic rings. The number of ether oxygens (including phenoxy) is 1. The second-order valence-electron chi connectivity index (χ2n) is 7.49. The van der Waals surface area contributed by atoms with E-state index in [0.29, 0.717) is 40.6 Å². The Morgan fingerprint density at radius 1 is 1.03 bits per heavy atom. The van der Waals surface area contributed by atoms with Gasteiger partial charge >= 0.3 is 6.18 Å². The van der Waals surface area contributed by atoms with Gasteiger partial charge in [0.25, 0.3) is 11.1 Å². The van der Waals surface area contributed by atoms with E-state index in [-0.39, 0.29) is 10.6 Å². The smallest absolute Gasteiger partial charge is 0.417 e. The van der Waals surface area contributed by atoms with Gasteiger partial charge in [0.2, 0.25) is 0 Å². The van der Waals surface area contributed by atoms with Crippen molar-refractivity contribution in [1.29, 1.82) is 0 Å². The normalized spacial score (nSPS) is 15.3. The average molecular weight is 504 g/mol. The molecule has 1 heterocycles. The number of alkyl halides is 3. The molecule has 0 aliphatic carbocycles. The number of thioether (sulfide) groups is 1. The van der Waals surface area contributed by atoms with E-state index in [2.05, 4.69) is 0 Å². The molecule has 0 bridgehead atoms. The second kappa shape index (κ2) is 9.56. The molecule has 0 unspecified atom stereocenters. The Balaban J connectivity index is 1.59. The molecular formula is C25H17ClF3NO3S. The lowest BCUT2D eigenvalue weighted by Crippen LogP contribution is -2.28. The van der Waals surface area contributed by atoms with Crippen LogP contribution in [-0.2, 0) is 17.6 Å². The second-order valence-corrected chi connectivity index (χ2v) is 8.89. The minimum atomic E-state index is -4.72. The van der Waals surface area contributed by atoms with Gasteiger partial charge in [0.05, 0.1) is 21.2 Å². The molecule has 9 heteroatoms. The minimum Gasteiger partial charge on any atom is -0.488 e. The summed E-state index contributed by atoms with van der Waals surface area (Å²) >= 11 is 6.30. The summed E-state index contributed by atoms with van der Waals surface area (Å²) in [4.78, 5) is 26.3. The van der Waals surface area contributed by atoms with Crippen molar-refractivity contribution < 1.29 is 27.5 Å². The van der Waals surface area contributed by atoms with Crippen molar-refractivity contribution in [2.75, 3.05) is 4.90 Å². The average Bonchev–Trinajstić information content (AvgIpc) is 3.07. The molecule has 174 valence electrons. The van der Waals surface area contributed by atoms with Gasteiger partial charge in [-0.1, -0.05) is 59.6 Å². The van der Waals surface area contributed by atoms with Crippen LogP contribution >= 0.6 is 23.4 Å². The van der Waals surface area contributed by atoms with E-state index in [1.165, 1.54) is 12.1 Å². The minimum absolute atomic E-state index is 0.0693. The van der Waals surface area contributed by atoms with Crippen LogP contribution in [-0.4, -0.2) is 11.1 Å².